The van der Waals surface area contributed by atoms with Crippen LogP contribution in [0.25, 0.3) is 0 Å². The largest absolute Gasteiger partial charge is 0.493 e. The quantitative estimate of drug-likeness (QED) is 0.753. The van der Waals surface area contributed by atoms with Gasteiger partial charge in [0.25, 0.3) is 0 Å². The zero-order valence-electron chi connectivity index (χ0n) is 17.0. The number of rotatable bonds is 3. The van der Waals surface area contributed by atoms with Crippen LogP contribution in [-0.2, 0) is 4.74 Å². The first-order valence-corrected chi connectivity index (χ1v) is 12.7. The molecule has 2 nitrogen and oxygen atoms in total. The summed E-state index contributed by atoms with van der Waals surface area (Å²) in [5.41, 5.74) is 1.17. The SMILES string of the molecule is c1ccc(OC[C@@]23[C@@H]4[C@H]5[C@@H]6[C@H]2[C@@H]2CCC[C@@H]2[C@H]6[C@@]26CO[C@@]32[C@@H]2CC[C@@H]([C@@H]42)[C@@H]56)cc1. The molecule has 0 aromatic heterocycles. The van der Waals surface area contributed by atoms with Crippen molar-refractivity contribution >= 4 is 0 Å². The zero-order valence-corrected chi connectivity index (χ0v) is 17.0. The van der Waals surface area contributed by atoms with Gasteiger partial charge in [0.2, 0.25) is 0 Å². The van der Waals surface area contributed by atoms with Gasteiger partial charge in [0, 0.05) is 10.8 Å². The van der Waals surface area contributed by atoms with Gasteiger partial charge >= 0.3 is 0 Å². The molecule has 1 aromatic rings. The van der Waals surface area contributed by atoms with Crippen molar-refractivity contribution in [1.29, 1.82) is 0 Å². The van der Waals surface area contributed by atoms with Crippen LogP contribution in [0.3, 0.4) is 0 Å². The molecule has 0 N–H and O–H groups in total. The molecule has 8 aliphatic rings. The molecule has 8 fully saturated rings. The van der Waals surface area contributed by atoms with Crippen LogP contribution in [0.1, 0.15) is 32.1 Å². The van der Waals surface area contributed by atoms with E-state index >= 15 is 0 Å². The minimum Gasteiger partial charge on any atom is -0.493 e. The Morgan fingerprint density at radius 2 is 1.62 bits per heavy atom. The van der Waals surface area contributed by atoms with Crippen molar-refractivity contribution in [3.05, 3.63) is 30.3 Å². The number of fused-ring (bicyclic) bond motifs is 10. The van der Waals surface area contributed by atoms with Gasteiger partial charge in [0.05, 0.1) is 18.8 Å². The van der Waals surface area contributed by atoms with Gasteiger partial charge in [-0.15, -0.1) is 0 Å². The second-order valence-corrected chi connectivity index (χ2v) is 12.6. The van der Waals surface area contributed by atoms with E-state index in [1.165, 1.54) is 25.7 Å². The molecular weight excluding hydrogens is 356 g/mol. The van der Waals surface area contributed by atoms with Crippen LogP contribution >= 0.6 is 0 Å². The average molecular weight is 387 g/mol. The van der Waals surface area contributed by atoms with Crippen molar-refractivity contribution < 1.29 is 9.47 Å². The van der Waals surface area contributed by atoms with Crippen LogP contribution in [0.15, 0.2) is 30.3 Å². The fourth-order valence-corrected chi connectivity index (χ4v) is 14.2. The smallest absolute Gasteiger partial charge is 0.119 e. The van der Waals surface area contributed by atoms with E-state index in [4.69, 9.17) is 9.47 Å². The summed E-state index contributed by atoms with van der Waals surface area (Å²) in [6, 6.07) is 10.7. The molecule has 2 heteroatoms. The third-order valence-electron chi connectivity index (χ3n) is 13.3. The molecule has 14 atom stereocenters. The van der Waals surface area contributed by atoms with E-state index in [1.54, 1.807) is 6.42 Å². The monoisotopic (exact) mass is 386 g/mol. The lowest BCUT2D eigenvalue weighted by atomic mass is 9.40. The highest BCUT2D eigenvalue weighted by atomic mass is 16.5. The Kier molecular flexibility index (Phi) is 2.08. The van der Waals surface area contributed by atoms with Crippen molar-refractivity contribution in [3.8, 4) is 5.75 Å². The number of hydrogen-bond donors (Lipinski definition) is 0. The van der Waals surface area contributed by atoms with Crippen LogP contribution in [-0.4, -0.2) is 18.8 Å². The maximum absolute atomic E-state index is 7.07. The predicted molar refractivity (Wildman–Crippen MR) is 107 cm³/mol. The third-order valence-corrected chi connectivity index (χ3v) is 13.3. The Morgan fingerprint density at radius 3 is 2.45 bits per heavy atom. The highest BCUT2D eigenvalue weighted by molar-refractivity contribution is 5.50. The minimum absolute atomic E-state index is 0.227. The van der Waals surface area contributed by atoms with E-state index in [0.717, 1.165) is 84.1 Å². The van der Waals surface area contributed by atoms with Gasteiger partial charge in [-0.05, 0) is 103 Å². The summed E-state index contributed by atoms with van der Waals surface area (Å²) in [5.74, 6) is 12.2. The Labute approximate surface area is 172 Å². The first-order valence-electron chi connectivity index (χ1n) is 12.7. The summed E-state index contributed by atoms with van der Waals surface area (Å²) in [6.07, 6.45) is 7.57. The van der Waals surface area contributed by atoms with Crippen LogP contribution < -0.4 is 4.74 Å². The van der Waals surface area contributed by atoms with E-state index < -0.39 is 0 Å². The standard InChI is InChI=1S/C27H30O2/c1-2-5-13(6-3-1)28-11-25-21-14-7-4-8-15(14)22-19(21)20-23-16-9-10-17(18(16)24(20)25)27(25)26(22,23)12-29-27/h1-3,5-6,14-24H,4,7-12H2/t14-,15+,16+,17-,18-,19-,20+,21-,22-,23+,24+,25+,26-,27+/m1/s1. The Hall–Kier alpha value is -1.02. The second-order valence-electron chi connectivity index (χ2n) is 12.6. The van der Waals surface area contributed by atoms with Crippen molar-refractivity contribution in [2.75, 3.05) is 13.2 Å². The molecule has 1 aliphatic heterocycles. The fourth-order valence-electron chi connectivity index (χ4n) is 14.2. The fraction of sp³-hybridized carbons (Fsp3) is 0.778. The topological polar surface area (TPSA) is 18.5 Å². The van der Waals surface area contributed by atoms with Crippen molar-refractivity contribution in [1.82, 2.24) is 0 Å². The van der Waals surface area contributed by atoms with E-state index in [-0.39, 0.29) is 5.60 Å². The molecule has 1 aromatic carbocycles. The van der Waals surface area contributed by atoms with Crippen molar-refractivity contribution in [2.45, 2.75) is 37.7 Å². The number of ether oxygens (including phenoxy) is 2. The third kappa shape index (κ3) is 1.04. The van der Waals surface area contributed by atoms with E-state index in [1.807, 2.05) is 0 Å². The molecule has 1 heterocycles. The maximum Gasteiger partial charge on any atom is 0.119 e. The second kappa shape index (κ2) is 4.06. The normalized spacial score (nSPS) is 69.3. The zero-order chi connectivity index (χ0) is 18.3. The summed E-state index contributed by atoms with van der Waals surface area (Å²) in [5, 5.41) is 0. The molecular formula is C27H30O2. The summed E-state index contributed by atoms with van der Waals surface area (Å²) >= 11 is 0. The molecule has 150 valence electrons. The molecule has 1 saturated heterocycles. The summed E-state index contributed by atoms with van der Waals surface area (Å²) < 4.78 is 13.8. The van der Waals surface area contributed by atoms with Crippen LogP contribution in [0.5, 0.6) is 5.75 Å². The molecule has 9 rings (SSSR count). The molecule has 0 amide bonds. The minimum atomic E-state index is 0.227. The number of benzene rings is 1. The van der Waals surface area contributed by atoms with Gasteiger partial charge < -0.3 is 9.47 Å². The summed E-state index contributed by atoms with van der Waals surface area (Å²) in [6.45, 7) is 2.09. The predicted octanol–water partition coefficient (Wildman–Crippen LogP) is 4.64. The van der Waals surface area contributed by atoms with Gasteiger partial charge in [-0.25, -0.2) is 0 Å². The molecule has 0 unspecified atom stereocenters. The Bertz CT molecular complexity index is 974. The van der Waals surface area contributed by atoms with Crippen LogP contribution in [0.4, 0.5) is 0 Å². The van der Waals surface area contributed by atoms with Crippen molar-refractivity contribution in [3.63, 3.8) is 0 Å². The highest BCUT2D eigenvalue weighted by Crippen LogP contribution is 3.01. The van der Waals surface area contributed by atoms with Gasteiger partial charge in [0.15, 0.2) is 0 Å². The van der Waals surface area contributed by atoms with E-state index in [0.29, 0.717) is 10.8 Å². The van der Waals surface area contributed by atoms with E-state index in [2.05, 4.69) is 30.3 Å². The van der Waals surface area contributed by atoms with Gasteiger partial charge in [-0.3, -0.25) is 0 Å². The molecule has 0 radical (unpaired) electrons. The summed E-state index contributed by atoms with van der Waals surface area (Å²) in [4.78, 5) is 0. The molecule has 7 saturated carbocycles. The molecule has 2 spiro atoms. The Morgan fingerprint density at radius 1 is 0.828 bits per heavy atom. The Balaban J connectivity index is 1.24. The number of hydrogen-bond acceptors (Lipinski definition) is 2. The highest BCUT2D eigenvalue weighted by Gasteiger charge is 3.03. The van der Waals surface area contributed by atoms with Gasteiger partial charge in [-0.2, -0.15) is 0 Å². The van der Waals surface area contributed by atoms with Gasteiger partial charge in [-0.1, -0.05) is 24.6 Å². The van der Waals surface area contributed by atoms with Crippen LogP contribution in [0, 0.1) is 75.9 Å². The lowest BCUT2D eigenvalue weighted by molar-refractivity contribution is -0.393. The molecule has 0 bridgehead atoms. The first kappa shape index (κ1) is 14.9. The molecule has 29 heavy (non-hydrogen) atoms. The van der Waals surface area contributed by atoms with Crippen molar-refractivity contribution in [2.24, 2.45) is 75.9 Å². The van der Waals surface area contributed by atoms with E-state index in [9.17, 15) is 0 Å². The maximum atomic E-state index is 7.07. The molecule has 7 aliphatic carbocycles. The number of para-hydroxylation sites is 1. The first-order chi connectivity index (χ1) is 14.4. The lowest BCUT2D eigenvalue weighted by Gasteiger charge is -2.73. The van der Waals surface area contributed by atoms with Gasteiger partial charge in [0.1, 0.15) is 5.75 Å². The van der Waals surface area contributed by atoms with Crippen LogP contribution in [0.2, 0.25) is 0 Å². The summed E-state index contributed by atoms with van der Waals surface area (Å²) in [7, 11) is 0. The lowest BCUT2D eigenvalue weighted by Crippen LogP contribution is -2.80. The average Bonchev–Trinajstić information content (AvgIpc) is 3.48.